The lowest BCUT2D eigenvalue weighted by atomic mass is 9.99. The van der Waals surface area contributed by atoms with E-state index in [4.69, 9.17) is 16.3 Å². The molecule has 2 amide bonds. The lowest BCUT2D eigenvalue weighted by Gasteiger charge is -2.21. The fourth-order valence-electron chi connectivity index (χ4n) is 4.32. The molecular weight excluding hydrogens is 524 g/mol. The molecule has 4 aromatic carbocycles. The zero-order chi connectivity index (χ0) is 27.7. The Balaban J connectivity index is 1.52. The molecule has 0 aliphatic carbocycles. The zero-order valence-corrected chi connectivity index (χ0v) is 20.7. The van der Waals surface area contributed by atoms with Gasteiger partial charge in [-0.25, -0.2) is 9.69 Å². The Hall–Kier alpha value is -5.15. The van der Waals surface area contributed by atoms with E-state index in [-0.39, 0.29) is 27.9 Å². The van der Waals surface area contributed by atoms with Crippen molar-refractivity contribution in [2.24, 2.45) is 0 Å². The number of fused-ring (bicyclic) bond motifs is 1. The highest BCUT2D eigenvalue weighted by atomic mass is 35.5. The van der Waals surface area contributed by atoms with Crippen LogP contribution >= 0.6 is 11.6 Å². The second kappa shape index (κ2) is 10.3. The lowest BCUT2D eigenvalue weighted by molar-refractivity contribution is -0.385. The van der Waals surface area contributed by atoms with E-state index >= 15 is 0 Å². The maximum absolute atomic E-state index is 13.5. The number of Topliss-reactive ketones (excluding diaryl/α,β-unsaturated/α-hetero) is 1. The Morgan fingerprint density at radius 2 is 1.49 bits per heavy atom. The molecule has 1 heterocycles. The first kappa shape index (κ1) is 25.5. The van der Waals surface area contributed by atoms with Crippen molar-refractivity contribution in [3.63, 3.8) is 0 Å². The van der Waals surface area contributed by atoms with Crippen LogP contribution in [0.5, 0.6) is 0 Å². The first-order chi connectivity index (χ1) is 18.8. The maximum atomic E-state index is 13.5. The van der Waals surface area contributed by atoms with Crippen LogP contribution in [0.2, 0.25) is 5.02 Å². The summed E-state index contributed by atoms with van der Waals surface area (Å²) in [5.74, 6) is -3.26. The zero-order valence-electron chi connectivity index (χ0n) is 19.9. The quantitative estimate of drug-likeness (QED) is 0.0949. The van der Waals surface area contributed by atoms with Crippen LogP contribution in [0.25, 0.3) is 0 Å². The highest BCUT2D eigenvalue weighted by molar-refractivity contribution is 6.36. The molecule has 39 heavy (non-hydrogen) atoms. The summed E-state index contributed by atoms with van der Waals surface area (Å²) in [6.45, 7) is 0. The minimum atomic E-state index is -1.35. The van der Waals surface area contributed by atoms with E-state index in [0.29, 0.717) is 15.5 Å². The molecule has 0 bridgehead atoms. The van der Waals surface area contributed by atoms with Crippen LogP contribution in [0.15, 0.2) is 97.1 Å². The fourth-order valence-corrected chi connectivity index (χ4v) is 4.44. The van der Waals surface area contributed by atoms with Gasteiger partial charge in [0.2, 0.25) is 5.78 Å². The van der Waals surface area contributed by atoms with E-state index in [2.05, 4.69) is 0 Å². The van der Waals surface area contributed by atoms with Gasteiger partial charge in [0.1, 0.15) is 5.56 Å². The van der Waals surface area contributed by atoms with Gasteiger partial charge in [0.05, 0.1) is 21.7 Å². The number of nitro benzene ring substituents is 1. The number of nitrogens with zero attached hydrogens (tertiary/aromatic N) is 2. The number of esters is 1. The fraction of sp³-hybridized carbons (Fsp3) is 0.0345. The van der Waals surface area contributed by atoms with Gasteiger partial charge in [-0.05, 0) is 42.5 Å². The second-order valence-corrected chi connectivity index (χ2v) is 8.92. The second-order valence-electron chi connectivity index (χ2n) is 8.49. The summed E-state index contributed by atoms with van der Waals surface area (Å²) in [4.78, 5) is 64.8. The highest BCUT2D eigenvalue weighted by Crippen LogP contribution is 2.36. The number of nitro groups is 1. The third kappa shape index (κ3) is 4.67. The third-order valence-electron chi connectivity index (χ3n) is 6.15. The van der Waals surface area contributed by atoms with E-state index < -0.39 is 40.3 Å². The Morgan fingerprint density at radius 1 is 0.821 bits per heavy atom. The molecular formula is C29H17ClN2O7. The molecule has 0 saturated heterocycles. The number of anilines is 1. The predicted molar refractivity (Wildman–Crippen MR) is 141 cm³/mol. The van der Waals surface area contributed by atoms with Crippen molar-refractivity contribution in [2.75, 3.05) is 4.90 Å². The van der Waals surface area contributed by atoms with Gasteiger partial charge in [-0.3, -0.25) is 24.5 Å². The lowest BCUT2D eigenvalue weighted by Crippen LogP contribution is -2.31. The smallest absolute Gasteiger partial charge is 0.341 e. The summed E-state index contributed by atoms with van der Waals surface area (Å²) in [6, 6.07) is 23.9. The molecule has 10 heteroatoms. The molecule has 0 spiro atoms. The Bertz CT molecular complexity index is 1650. The number of carbonyl (C=O) groups excluding carboxylic acids is 4. The highest BCUT2D eigenvalue weighted by Gasteiger charge is 2.43. The molecule has 1 aliphatic rings. The van der Waals surface area contributed by atoms with Crippen molar-refractivity contribution in [1.29, 1.82) is 0 Å². The largest absolute Gasteiger partial charge is 0.445 e. The average molecular weight is 541 g/mol. The van der Waals surface area contributed by atoms with Crippen molar-refractivity contribution in [3.8, 4) is 0 Å². The standard InChI is InChI=1S/C29H17ClN2O7/c30-19-15-13-17(14-16-19)25(33)26(18-7-2-1-3-8-18)39-29(36)20-9-4-5-11-22(20)31-27(34)21-10-6-12-23(32(37)38)24(21)28(31)35/h1-16,26H/t26-/m1/s1. The summed E-state index contributed by atoms with van der Waals surface area (Å²) < 4.78 is 5.70. The van der Waals surface area contributed by atoms with Crippen LogP contribution in [0.3, 0.4) is 0 Å². The van der Waals surface area contributed by atoms with Gasteiger partial charge in [0, 0.05) is 22.2 Å². The molecule has 0 unspecified atom stereocenters. The molecule has 0 aromatic heterocycles. The number of benzene rings is 4. The Morgan fingerprint density at radius 3 is 2.18 bits per heavy atom. The minimum absolute atomic E-state index is 0.131. The SMILES string of the molecule is O=C(O[C@@H](C(=O)c1ccc(Cl)cc1)c1ccccc1)c1ccccc1N1C(=O)c2cccc([N+](=O)[O-])c2C1=O. The molecule has 5 rings (SSSR count). The maximum Gasteiger partial charge on any atom is 0.341 e. The molecule has 192 valence electrons. The summed E-state index contributed by atoms with van der Waals surface area (Å²) in [5, 5.41) is 11.9. The molecule has 0 radical (unpaired) electrons. The predicted octanol–water partition coefficient (Wildman–Crippen LogP) is 5.83. The molecule has 0 saturated carbocycles. The Labute approximate surface area is 226 Å². The van der Waals surface area contributed by atoms with Crippen LogP contribution in [0, 0.1) is 10.1 Å². The summed E-state index contributed by atoms with van der Waals surface area (Å²) in [5.41, 5.74) is -0.700. The summed E-state index contributed by atoms with van der Waals surface area (Å²) >= 11 is 5.95. The molecule has 0 N–H and O–H groups in total. The Kier molecular flexibility index (Phi) is 6.74. The molecule has 1 aliphatic heterocycles. The number of hydrogen-bond donors (Lipinski definition) is 0. The normalized spacial score (nSPS) is 13.1. The molecule has 9 nitrogen and oxygen atoms in total. The van der Waals surface area contributed by atoms with E-state index in [9.17, 15) is 29.3 Å². The van der Waals surface area contributed by atoms with Gasteiger partial charge in [0.15, 0.2) is 6.10 Å². The van der Waals surface area contributed by atoms with Gasteiger partial charge < -0.3 is 4.74 Å². The van der Waals surface area contributed by atoms with Crippen LogP contribution < -0.4 is 4.90 Å². The number of carbonyl (C=O) groups is 4. The van der Waals surface area contributed by atoms with Crippen molar-refractivity contribution in [1.82, 2.24) is 0 Å². The molecule has 1 atom stereocenters. The van der Waals surface area contributed by atoms with E-state index in [1.54, 1.807) is 30.3 Å². The van der Waals surface area contributed by atoms with E-state index in [1.807, 2.05) is 0 Å². The van der Waals surface area contributed by atoms with Crippen LogP contribution in [-0.2, 0) is 4.74 Å². The number of halogens is 1. The van der Waals surface area contributed by atoms with Gasteiger partial charge >= 0.3 is 5.97 Å². The minimum Gasteiger partial charge on any atom is -0.445 e. The van der Waals surface area contributed by atoms with Crippen LogP contribution in [0.1, 0.15) is 53.1 Å². The monoisotopic (exact) mass is 540 g/mol. The van der Waals surface area contributed by atoms with Gasteiger partial charge in [-0.15, -0.1) is 0 Å². The molecule has 4 aromatic rings. The van der Waals surface area contributed by atoms with E-state index in [1.165, 1.54) is 60.7 Å². The van der Waals surface area contributed by atoms with Crippen molar-refractivity contribution in [3.05, 3.63) is 140 Å². The van der Waals surface area contributed by atoms with E-state index in [0.717, 1.165) is 6.07 Å². The van der Waals surface area contributed by atoms with Gasteiger partial charge in [-0.1, -0.05) is 60.1 Å². The van der Waals surface area contributed by atoms with Crippen LogP contribution in [0.4, 0.5) is 11.4 Å². The number of imide groups is 1. The third-order valence-corrected chi connectivity index (χ3v) is 6.40. The number of para-hydroxylation sites is 1. The topological polar surface area (TPSA) is 124 Å². The number of ketones is 1. The molecule has 0 fully saturated rings. The van der Waals surface area contributed by atoms with Crippen molar-refractivity contribution < 1.29 is 28.8 Å². The number of hydrogen-bond acceptors (Lipinski definition) is 7. The van der Waals surface area contributed by atoms with Gasteiger partial charge in [-0.2, -0.15) is 0 Å². The van der Waals surface area contributed by atoms with Gasteiger partial charge in [0.25, 0.3) is 17.5 Å². The number of amides is 2. The van der Waals surface area contributed by atoms with Crippen LogP contribution in [-0.4, -0.2) is 28.5 Å². The first-order valence-corrected chi connectivity index (χ1v) is 12.0. The average Bonchev–Trinajstić information content (AvgIpc) is 3.21. The summed E-state index contributed by atoms with van der Waals surface area (Å²) in [7, 11) is 0. The summed E-state index contributed by atoms with van der Waals surface area (Å²) in [6.07, 6.45) is -1.35. The number of ether oxygens (including phenoxy) is 1. The van der Waals surface area contributed by atoms with Crippen molar-refractivity contribution >= 4 is 46.5 Å². The first-order valence-electron chi connectivity index (χ1n) is 11.6. The number of rotatable bonds is 7. The van der Waals surface area contributed by atoms with Crippen molar-refractivity contribution in [2.45, 2.75) is 6.10 Å².